The molecule has 2 aromatic rings. The van der Waals surface area contributed by atoms with E-state index in [0.717, 1.165) is 17.7 Å². The molecule has 0 aromatic heterocycles. The molecular formula is C18H21FN2. The normalized spacial score (nSPS) is 18.7. The van der Waals surface area contributed by atoms with Crippen molar-refractivity contribution < 1.29 is 4.39 Å². The van der Waals surface area contributed by atoms with Gasteiger partial charge in [0.05, 0.1) is 0 Å². The lowest BCUT2D eigenvalue weighted by Crippen LogP contribution is -2.26. The summed E-state index contributed by atoms with van der Waals surface area (Å²) in [6.45, 7) is 5.90. The molecular weight excluding hydrogens is 263 g/mol. The highest BCUT2D eigenvalue weighted by Crippen LogP contribution is 2.41. The van der Waals surface area contributed by atoms with E-state index in [1.54, 1.807) is 13.0 Å². The molecule has 0 saturated carbocycles. The fourth-order valence-electron chi connectivity index (χ4n) is 3.19. The summed E-state index contributed by atoms with van der Waals surface area (Å²) >= 11 is 0. The average Bonchev–Trinajstić information content (AvgIpc) is 2.77. The number of rotatable bonds is 2. The van der Waals surface area contributed by atoms with Gasteiger partial charge in [0.15, 0.2) is 0 Å². The Kier molecular flexibility index (Phi) is 3.46. The van der Waals surface area contributed by atoms with Crippen LogP contribution in [0, 0.1) is 12.7 Å². The van der Waals surface area contributed by atoms with Crippen molar-refractivity contribution in [1.82, 2.24) is 0 Å². The molecule has 0 spiro atoms. The summed E-state index contributed by atoms with van der Waals surface area (Å²) in [5, 5.41) is 0. The van der Waals surface area contributed by atoms with Gasteiger partial charge in [-0.05, 0) is 62.1 Å². The molecule has 0 aliphatic carbocycles. The molecule has 3 rings (SSSR count). The molecule has 0 radical (unpaired) electrons. The minimum atomic E-state index is -0.199. The molecule has 2 aromatic carbocycles. The van der Waals surface area contributed by atoms with Crippen molar-refractivity contribution in [2.45, 2.75) is 39.3 Å². The molecule has 2 atom stereocenters. The Bertz CT molecular complexity index is 679. The summed E-state index contributed by atoms with van der Waals surface area (Å²) in [4.78, 5) is 2.29. The second kappa shape index (κ2) is 5.15. The van der Waals surface area contributed by atoms with Gasteiger partial charge in [-0.25, -0.2) is 4.39 Å². The average molecular weight is 284 g/mol. The fourth-order valence-corrected chi connectivity index (χ4v) is 3.19. The maximum Gasteiger partial charge on any atom is 0.126 e. The Labute approximate surface area is 125 Å². The molecule has 0 saturated heterocycles. The molecule has 21 heavy (non-hydrogen) atoms. The third kappa shape index (κ3) is 2.32. The van der Waals surface area contributed by atoms with E-state index in [0.29, 0.717) is 11.6 Å². The quantitative estimate of drug-likeness (QED) is 0.894. The van der Waals surface area contributed by atoms with Gasteiger partial charge in [0.25, 0.3) is 0 Å². The van der Waals surface area contributed by atoms with Gasteiger partial charge in [0, 0.05) is 23.5 Å². The van der Waals surface area contributed by atoms with Crippen LogP contribution in [0.15, 0.2) is 36.4 Å². The first kappa shape index (κ1) is 14.1. The largest absolute Gasteiger partial charge is 0.338 e. The zero-order valence-corrected chi connectivity index (χ0v) is 12.7. The Morgan fingerprint density at radius 1 is 1.24 bits per heavy atom. The van der Waals surface area contributed by atoms with Gasteiger partial charge in [-0.3, -0.25) is 0 Å². The molecule has 0 bridgehead atoms. The molecule has 1 aliphatic rings. The number of anilines is 2. The van der Waals surface area contributed by atoms with Gasteiger partial charge in [-0.15, -0.1) is 0 Å². The molecule has 0 amide bonds. The minimum absolute atomic E-state index is 0.189. The van der Waals surface area contributed by atoms with E-state index in [4.69, 9.17) is 5.73 Å². The van der Waals surface area contributed by atoms with Crippen LogP contribution >= 0.6 is 0 Å². The smallest absolute Gasteiger partial charge is 0.126 e. The third-order valence-corrected chi connectivity index (χ3v) is 4.27. The van der Waals surface area contributed by atoms with Crippen LogP contribution in [0.2, 0.25) is 0 Å². The standard InChI is InChI=1S/C18H21FN2/c1-11-8-18(15(13(3)20)10-16(11)19)21-12(2)9-14-6-4-5-7-17(14)21/h4-8,10,12-13H,9,20H2,1-3H3/t12?,13-/m1/s1. The number of halogens is 1. The SMILES string of the molecule is Cc1cc(N2c3ccccc3CC2C)c([C@@H](C)N)cc1F. The van der Waals surface area contributed by atoms with Crippen molar-refractivity contribution in [2.24, 2.45) is 5.73 Å². The van der Waals surface area contributed by atoms with Crippen molar-refractivity contribution in [1.29, 1.82) is 0 Å². The molecule has 0 fully saturated rings. The van der Waals surface area contributed by atoms with E-state index >= 15 is 0 Å². The first-order valence-electron chi connectivity index (χ1n) is 7.41. The lowest BCUT2D eigenvalue weighted by molar-refractivity contribution is 0.612. The molecule has 110 valence electrons. The zero-order chi connectivity index (χ0) is 15.1. The molecule has 1 heterocycles. The lowest BCUT2D eigenvalue weighted by Gasteiger charge is -2.29. The number of hydrogen-bond acceptors (Lipinski definition) is 2. The minimum Gasteiger partial charge on any atom is -0.338 e. The molecule has 2 N–H and O–H groups in total. The van der Waals surface area contributed by atoms with Gasteiger partial charge >= 0.3 is 0 Å². The van der Waals surface area contributed by atoms with Gasteiger partial charge in [-0.2, -0.15) is 0 Å². The fraction of sp³-hybridized carbons (Fsp3) is 0.333. The summed E-state index contributed by atoms with van der Waals surface area (Å²) < 4.78 is 13.9. The lowest BCUT2D eigenvalue weighted by atomic mass is 10.0. The van der Waals surface area contributed by atoms with E-state index in [1.165, 1.54) is 11.3 Å². The molecule has 1 unspecified atom stereocenters. The summed E-state index contributed by atoms with van der Waals surface area (Å²) in [6.07, 6.45) is 1.00. The van der Waals surface area contributed by atoms with Crippen LogP contribution in [0.3, 0.4) is 0 Å². The van der Waals surface area contributed by atoms with Crippen molar-refractivity contribution in [2.75, 3.05) is 4.90 Å². The van der Waals surface area contributed by atoms with E-state index in [1.807, 2.05) is 19.1 Å². The maximum absolute atomic E-state index is 13.9. The molecule has 3 heteroatoms. The van der Waals surface area contributed by atoms with Crippen molar-refractivity contribution in [3.63, 3.8) is 0 Å². The van der Waals surface area contributed by atoms with Gasteiger partial charge in [-0.1, -0.05) is 18.2 Å². The van der Waals surface area contributed by atoms with Crippen LogP contribution in [0.5, 0.6) is 0 Å². The Balaban J connectivity index is 2.18. The second-order valence-corrected chi connectivity index (χ2v) is 6.00. The number of hydrogen-bond donors (Lipinski definition) is 1. The molecule has 1 aliphatic heterocycles. The summed E-state index contributed by atoms with van der Waals surface area (Å²) in [7, 11) is 0. The van der Waals surface area contributed by atoms with E-state index in [-0.39, 0.29) is 11.9 Å². The highest BCUT2D eigenvalue weighted by Gasteiger charge is 2.29. The highest BCUT2D eigenvalue weighted by molar-refractivity contribution is 5.74. The Morgan fingerprint density at radius 2 is 1.95 bits per heavy atom. The summed E-state index contributed by atoms with van der Waals surface area (Å²) in [5.74, 6) is -0.189. The first-order valence-corrected chi connectivity index (χ1v) is 7.41. The monoisotopic (exact) mass is 284 g/mol. The first-order chi connectivity index (χ1) is 9.99. The third-order valence-electron chi connectivity index (χ3n) is 4.27. The topological polar surface area (TPSA) is 29.3 Å². The predicted octanol–water partition coefficient (Wildman–Crippen LogP) is 4.24. The van der Waals surface area contributed by atoms with E-state index in [2.05, 4.69) is 30.0 Å². The summed E-state index contributed by atoms with van der Waals surface area (Å²) in [6, 6.07) is 12.1. The van der Waals surface area contributed by atoms with Crippen molar-refractivity contribution in [3.8, 4) is 0 Å². The number of para-hydroxylation sites is 1. The van der Waals surface area contributed by atoms with Gasteiger partial charge < -0.3 is 10.6 Å². The van der Waals surface area contributed by atoms with Crippen LogP contribution in [0.25, 0.3) is 0 Å². The van der Waals surface area contributed by atoms with E-state index in [9.17, 15) is 4.39 Å². The van der Waals surface area contributed by atoms with Crippen LogP contribution in [0.4, 0.5) is 15.8 Å². The highest BCUT2D eigenvalue weighted by atomic mass is 19.1. The van der Waals surface area contributed by atoms with Gasteiger partial charge in [0.1, 0.15) is 5.82 Å². The van der Waals surface area contributed by atoms with E-state index < -0.39 is 0 Å². The Morgan fingerprint density at radius 3 is 2.67 bits per heavy atom. The molecule has 2 nitrogen and oxygen atoms in total. The van der Waals surface area contributed by atoms with Crippen molar-refractivity contribution >= 4 is 11.4 Å². The number of nitrogens with two attached hydrogens (primary N) is 1. The van der Waals surface area contributed by atoms with Crippen LogP contribution in [-0.4, -0.2) is 6.04 Å². The van der Waals surface area contributed by atoms with Crippen LogP contribution in [0.1, 0.15) is 36.6 Å². The number of fused-ring (bicyclic) bond motifs is 1. The second-order valence-electron chi connectivity index (χ2n) is 6.00. The predicted molar refractivity (Wildman–Crippen MR) is 85.5 cm³/mol. The summed E-state index contributed by atoms with van der Waals surface area (Å²) in [5.41, 5.74) is 11.2. The Hall–Kier alpha value is -1.87. The number of aryl methyl sites for hydroxylation is 1. The number of benzene rings is 2. The number of nitrogens with zero attached hydrogens (tertiary/aromatic N) is 1. The maximum atomic E-state index is 13.9. The van der Waals surface area contributed by atoms with Crippen molar-refractivity contribution in [3.05, 3.63) is 58.9 Å². The van der Waals surface area contributed by atoms with Gasteiger partial charge in [0.2, 0.25) is 0 Å². The van der Waals surface area contributed by atoms with Crippen LogP contribution in [-0.2, 0) is 6.42 Å². The zero-order valence-electron chi connectivity index (χ0n) is 12.7. The van der Waals surface area contributed by atoms with Crippen LogP contribution < -0.4 is 10.6 Å².